The van der Waals surface area contributed by atoms with E-state index in [1.807, 2.05) is 24.0 Å². The third-order valence-electron chi connectivity index (χ3n) is 2.60. The molecule has 0 aliphatic heterocycles. The Balaban J connectivity index is 2.10. The lowest BCUT2D eigenvalue weighted by Crippen LogP contribution is -2.29. The molecule has 16 heavy (non-hydrogen) atoms. The second-order valence-electron chi connectivity index (χ2n) is 4.68. The minimum absolute atomic E-state index is 0.230. The molecule has 0 bridgehead atoms. The second-order valence-corrected chi connectivity index (χ2v) is 4.68. The van der Waals surface area contributed by atoms with Crippen LogP contribution in [0.5, 0.6) is 0 Å². The Kier molecular flexibility index (Phi) is 5.49. The van der Waals surface area contributed by atoms with Crippen molar-refractivity contribution in [2.24, 2.45) is 13.0 Å². The Hall–Kier alpha value is -0.870. The van der Waals surface area contributed by atoms with Gasteiger partial charge in [0.05, 0.1) is 6.10 Å². The van der Waals surface area contributed by atoms with Crippen LogP contribution in [-0.2, 0) is 13.5 Å². The third-order valence-corrected chi connectivity index (χ3v) is 2.60. The molecule has 0 aromatic carbocycles. The van der Waals surface area contributed by atoms with Gasteiger partial charge in [-0.3, -0.25) is 4.68 Å². The molecule has 92 valence electrons. The largest absolute Gasteiger partial charge is 0.392 e. The predicted molar refractivity (Wildman–Crippen MR) is 65.2 cm³/mol. The summed E-state index contributed by atoms with van der Waals surface area (Å²) in [4.78, 5) is 0. The molecule has 0 aliphatic rings. The lowest BCUT2D eigenvalue weighted by molar-refractivity contribution is 0.147. The summed E-state index contributed by atoms with van der Waals surface area (Å²) in [5.74, 6) is 0.550. The first-order chi connectivity index (χ1) is 7.59. The maximum Gasteiger partial charge on any atom is 0.0667 e. The summed E-state index contributed by atoms with van der Waals surface area (Å²) in [6, 6.07) is 2.02. The van der Waals surface area contributed by atoms with Crippen LogP contribution in [0, 0.1) is 5.92 Å². The average Bonchev–Trinajstić information content (AvgIpc) is 2.58. The van der Waals surface area contributed by atoms with Crippen molar-refractivity contribution in [3.05, 3.63) is 18.0 Å². The smallest absolute Gasteiger partial charge is 0.0667 e. The van der Waals surface area contributed by atoms with Crippen LogP contribution in [0.4, 0.5) is 0 Å². The van der Waals surface area contributed by atoms with Crippen molar-refractivity contribution in [3.8, 4) is 0 Å². The predicted octanol–water partition coefficient (Wildman–Crippen LogP) is 0.959. The standard InChI is InChI=1S/C12H23N3O/c1-10(2)8-12(16)9-13-6-4-11-5-7-14-15(11)3/h5,7,10,12-13,16H,4,6,8-9H2,1-3H3. The van der Waals surface area contributed by atoms with Crippen molar-refractivity contribution in [1.29, 1.82) is 0 Å². The number of aliphatic hydroxyl groups excluding tert-OH is 1. The zero-order valence-corrected chi connectivity index (χ0v) is 10.5. The summed E-state index contributed by atoms with van der Waals surface area (Å²) in [6.45, 7) is 5.81. The number of aliphatic hydroxyl groups is 1. The first-order valence-corrected chi connectivity index (χ1v) is 5.95. The monoisotopic (exact) mass is 225 g/mol. The molecule has 0 amide bonds. The Morgan fingerprint density at radius 3 is 2.81 bits per heavy atom. The second kappa shape index (κ2) is 6.66. The Morgan fingerprint density at radius 1 is 1.50 bits per heavy atom. The molecule has 1 aromatic heterocycles. The fourth-order valence-corrected chi connectivity index (χ4v) is 1.76. The molecule has 1 heterocycles. The van der Waals surface area contributed by atoms with Crippen LogP contribution < -0.4 is 5.32 Å². The molecule has 4 heteroatoms. The summed E-state index contributed by atoms with van der Waals surface area (Å²) >= 11 is 0. The average molecular weight is 225 g/mol. The van der Waals surface area contributed by atoms with Crippen LogP contribution in [0.15, 0.2) is 12.3 Å². The minimum atomic E-state index is -0.230. The van der Waals surface area contributed by atoms with Crippen molar-refractivity contribution in [3.63, 3.8) is 0 Å². The number of aromatic nitrogens is 2. The van der Waals surface area contributed by atoms with Crippen molar-refractivity contribution < 1.29 is 5.11 Å². The summed E-state index contributed by atoms with van der Waals surface area (Å²) in [5.41, 5.74) is 1.21. The molecule has 0 spiro atoms. The van der Waals surface area contributed by atoms with Crippen molar-refractivity contribution in [2.45, 2.75) is 32.8 Å². The summed E-state index contributed by atoms with van der Waals surface area (Å²) < 4.78 is 1.88. The van der Waals surface area contributed by atoms with Crippen LogP contribution in [0.25, 0.3) is 0 Å². The SMILES string of the molecule is CC(C)CC(O)CNCCc1ccnn1C. The molecule has 0 fully saturated rings. The van der Waals surface area contributed by atoms with E-state index in [4.69, 9.17) is 0 Å². The van der Waals surface area contributed by atoms with Gasteiger partial charge in [0.2, 0.25) is 0 Å². The van der Waals surface area contributed by atoms with Gasteiger partial charge in [0, 0.05) is 38.4 Å². The first-order valence-electron chi connectivity index (χ1n) is 5.95. The molecule has 1 atom stereocenters. The highest BCUT2D eigenvalue weighted by molar-refractivity contribution is 5.00. The first kappa shape index (κ1) is 13.2. The molecule has 0 aliphatic carbocycles. The zero-order chi connectivity index (χ0) is 12.0. The van der Waals surface area contributed by atoms with E-state index < -0.39 is 0 Å². The van der Waals surface area contributed by atoms with E-state index in [0.29, 0.717) is 12.5 Å². The van der Waals surface area contributed by atoms with Gasteiger partial charge in [-0.15, -0.1) is 0 Å². The summed E-state index contributed by atoms with van der Waals surface area (Å²) in [5, 5.41) is 17.0. The van der Waals surface area contributed by atoms with E-state index in [1.54, 1.807) is 0 Å². The van der Waals surface area contributed by atoms with Crippen molar-refractivity contribution in [2.75, 3.05) is 13.1 Å². The molecule has 2 N–H and O–H groups in total. The molecule has 0 radical (unpaired) electrons. The lowest BCUT2D eigenvalue weighted by atomic mass is 10.1. The Labute approximate surface area is 97.7 Å². The fourth-order valence-electron chi connectivity index (χ4n) is 1.76. The zero-order valence-electron chi connectivity index (χ0n) is 10.5. The Morgan fingerprint density at radius 2 is 2.25 bits per heavy atom. The van der Waals surface area contributed by atoms with E-state index in [1.165, 1.54) is 5.69 Å². The maximum atomic E-state index is 9.65. The van der Waals surface area contributed by atoms with Crippen LogP contribution in [0.2, 0.25) is 0 Å². The lowest BCUT2D eigenvalue weighted by Gasteiger charge is -2.13. The number of rotatable bonds is 7. The van der Waals surface area contributed by atoms with Crippen molar-refractivity contribution >= 4 is 0 Å². The minimum Gasteiger partial charge on any atom is -0.392 e. The van der Waals surface area contributed by atoms with Gasteiger partial charge in [-0.25, -0.2) is 0 Å². The molecule has 1 unspecified atom stereocenters. The number of nitrogens with one attached hydrogen (secondary N) is 1. The van der Waals surface area contributed by atoms with Gasteiger partial charge in [-0.2, -0.15) is 5.10 Å². The highest BCUT2D eigenvalue weighted by atomic mass is 16.3. The molecule has 1 rings (SSSR count). The van der Waals surface area contributed by atoms with E-state index in [-0.39, 0.29) is 6.10 Å². The molecule has 0 saturated carbocycles. The topological polar surface area (TPSA) is 50.1 Å². The highest BCUT2D eigenvalue weighted by Crippen LogP contribution is 2.03. The quantitative estimate of drug-likeness (QED) is 0.680. The summed E-state index contributed by atoms with van der Waals surface area (Å²) in [6.07, 6.45) is 3.39. The normalized spacial score (nSPS) is 13.3. The highest BCUT2D eigenvalue weighted by Gasteiger charge is 2.06. The van der Waals surface area contributed by atoms with E-state index >= 15 is 0 Å². The molecule has 1 aromatic rings. The van der Waals surface area contributed by atoms with E-state index in [2.05, 4.69) is 24.3 Å². The van der Waals surface area contributed by atoms with Gasteiger partial charge in [0.15, 0.2) is 0 Å². The number of nitrogens with zero attached hydrogens (tertiary/aromatic N) is 2. The number of hydrogen-bond donors (Lipinski definition) is 2. The Bertz CT molecular complexity index is 296. The van der Waals surface area contributed by atoms with Crippen LogP contribution in [0.3, 0.4) is 0 Å². The van der Waals surface area contributed by atoms with Crippen LogP contribution in [-0.4, -0.2) is 34.1 Å². The van der Waals surface area contributed by atoms with Gasteiger partial charge >= 0.3 is 0 Å². The van der Waals surface area contributed by atoms with E-state index in [0.717, 1.165) is 19.4 Å². The maximum absolute atomic E-state index is 9.65. The fraction of sp³-hybridized carbons (Fsp3) is 0.750. The molecule has 4 nitrogen and oxygen atoms in total. The third kappa shape index (κ3) is 4.77. The number of aryl methyl sites for hydroxylation is 1. The van der Waals surface area contributed by atoms with Gasteiger partial charge in [-0.05, 0) is 18.4 Å². The summed E-state index contributed by atoms with van der Waals surface area (Å²) in [7, 11) is 1.95. The van der Waals surface area contributed by atoms with E-state index in [9.17, 15) is 5.11 Å². The van der Waals surface area contributed by atoms with Crippen LogP contribution >= 0.6 is 0 Å². The van der Waals surface area contributed by atoms with Gasteiger partial charge < -0.3 is 10.4 Å². The van der Waals surface area contributed by atoms with Gasteiger partial charge in [0.25, 0.3) is 0 Å². The molecular formula is C12H23N3O. The van der Waals surface area contributed by atoms with Crippen LogP contribution in [0.1, 0.15) is 26.0 Å². The van der Waals surface area contributed by atoms with Crippen molar-refractivity contribution in [1.82, 2.24) is 15.1 Å². The molecular weight excluding hydrogens is 202 g/mol. The molecule has 0 saturated heterocycles. The van der Waals surface area contributed by atoms with Gasteiger partial charge in [0.1, 0.15) is 0 Å². The van der Waals surface area contributed by atoms with Gasteiger partial charge in [-0.1, -0.05) is 13.8 Å². The number of hydrogen-bond acceptors (Lipinski definition) is 3.